The molecule has 1 aliphatic heterocycles. The van der Waals surface area contributed by atoms with Gasteiger partial charge in [0.1, 0.15) is 5.82 Å². The summed E-state index contributed by atoms with van der Waals surface area (Å²) in [5.41, 5.74) is 0.641. The van der Waals surface area contributed by atoms with Gasteiger partial charge in [-0.05, 0) is 42.7 Å². The highest BCUT2D eigenvalue weighted by atomic mass is 32.2. The highest BCUT2D eigenvalue weighted by Gasteiger charge is 2.26. The van der Waals surface area contributed by atoms with Gasteiger partial charge in [-0.15, -0.1) is 0 Å². The smallest absolute Gasteiger partial charge is 0.240 e. The number of sulfonamides is 1. The molecule has 0 bridgehead atoms. The number of halogens is 1. The molecule has 0 radical (unpaired) electrons. The van der Waals surface area contributed by atoms with Gasteiger partial charge in [0, 0.05) is 19.1 Å². The zero-order valence-corrected chi connectivity index (χ0v) is 15.1. The van der Waals surface area contributed by atoms with Crippen LogP contribution in [0.2, 0.25) is 0 Å². The van der Waals surface area contributed by atoms with E-state index < -0.39 is 10.0 Å². The van der Waals surface area contributed by atoms with Crippen molar-refractivity contribution in [1.82, 2.24) is 9.62 Å². The number of hydrogen-bond acceptors (Lipinski definition) is 3. The molecule has 1 fully saturated rings. The van der Waals surface area contributed by atoms with Crippen molar-refractivity contribution in [2.45, 2.75) is 30.2 Å². The molecule has 1 amide bonds. The molecule has 0 atom stereocenters. The predicted octanol–water partition coefficient (Wildman–Crippen LogP) is 2.34. The molecule has 1 N–H and O–H groups in total. The zero-order chi connectivity index (χ0) is 18.6. The molecule has 1 heterocycles. The van der Waals surface area contributed by atoms with Crippen molar-refractivity contribution >= 4 is 15.9 Å². The van der Waals surface area contributed by atoms with Gasteiger partial charge in [-0.25, -0.2) is 17.5 Å². The molecule has 1 aliphatic rings. The van der Waals surface area contributed by atoms with Gasteiger partial charge in [0.2, 0.25) is 15.9 Å². The minimum Gasteiger partial charge on any atom is -0.342 e. The Bertz CT molecular complexity index is 863. The van der Waals surface area contributed by atoms with Crippen molar-refractivity contribution in [3.8, 4) is 0 Å². The van der Waals surface area contributed by atoms with E-state index in [-0.39, 0.29) is 29.1 Å². The Labute approximate surface area is 152 Å². The monoisotopic (exact) mass is 376 g/mol. The van der Waals surface area contributed by atoms with Crippen LogP contribution in [0.1, 0.15) is 18.4 Å². The van der Waals surface area contributed by atoms with Gasteiger partial charge in [0.05, 0.1) is 11.3 Å². The van der Waals surface area contributed by atoms with Crippen LogP contribution in [0.25, 0.3) is 0 Å². The number of rotatable bonds is 5. The van der Waals surface area contributed by atoms with Gasteiger partial charge in [-0.3, -0.25) is 4.79 Å². The molecule has 0 aromatic heterocycles. The first-order valence-corrected chi connectivity index (χ1v) is 10.0. The summed E-state index contributed by atoms with van der Waals surface area (Å²) in [6.45, 7) is 0.965. The minimum absolute atomic E-state index is 0.0695. The van der Waals surface area contributed by atoms with Crippen LogP contribution in [0.3, 0.4) is 0 Å². The molecule has 2 aromatic rings. The highest BCUT2D eigenvalue weighted by Crippen LogP contribution is 2.16. The number of amides is 1. The predicted molar refractivity (Wildman–Crippen MR) is 96.5 cm³/mol. The molecule has 7 heteroatoms. The molecule has 5 nitrogen and oxygen atoms in total. The first kappa shape index (κ1) is 18.5. The van der Waals surface area contributed by atoms with Crippen LogP contribution in [0.5, 0.6) is 0 Å². The second-order valence-electron chi connectivity index (χ2n) is 6.40. The first-order valence-electron chi connectivity index (χ1n) is 8.54. The molecule has 0 aliphatic carbocycles. The van der Waals surface area contributed by atoms with E-state index in [1.165, 1.54) is 12.1 Å². The van der Waals surface area contributed by atoms with Crippen LogP contribution in [-0.4, -0.2) is 38.4 Å². The maximum Gasteiger partial charge on any atom is 0.240 e. The Morgan fingerprint density at radius 2 is 1.77 bits per heavy atom. The summed E-state index contributed by atoms with van der Waals surface area (Å²) in [6, 6.07) is 14.1. The number of piperidine rings is 1. The molecule has 0 saturated carbocycles. The van der Waals surface area contributed by atoms with E-state index >= 15 is 0 Å². The summed E-state index contributed by atoms with van der Waals surface area (Å²) in [6.07, 6.45) is 1.26. The number of likely N-dealkylation sites (tertiary alicyclic amines) is 1. The van der Waals surface area contributed by atoms with Gasteiger partial charge in [0.15, 0.2) is 0 Å². The van der Waals surface area contributed by atoms with Crippen LogP contribution < -0.4 is 4.72 Å². The summed E-state index contributed by atoms with van der Waals surface area (Å²) >= 11 is 0. The second-order valence-corrected chi connectivity index (χ2v) is 8.11. The van der Waals surface area contributed by atoms with E-state index in [2.05, 4.69) is 4.72 Å². The Kier molecular flexibility index (Phi) is 5.68. The lowest BCUT2D eigenvalue weighted by Gasteiger charge is -2.32. The standard InChI is InChI=1S/C19H21FN2O3S/c20-16-6-4-5-15(13-16)14-19(23)22-11-9-17(10-12-22)21-26(24,25)18-7-2-1-3-8-18/h1-8,13,17,21H,9-12,14H2. The average molecular weight is 376 g/mol. The van der Waals surface area contributed by atoms with Crippen LogP contribution in [-0.2, 0) is 21.2 Å². The summed E-state index contributed by atoms with van der Waals surface area (Å²) < 4.78 is 40.7. The Morgan fingerprint density at radius 1 is 1.08 bits per heavy atom. The summed E-state index contributed by atoms with van der Waals surface area (Å²) in [5.74, 6) is -0.427. The fraction of sp³-hybridized carbons (Fsp3) is 0.316. The van der Waals surface area contributed by atoms with E-state index in [9.17, 15) is 17.6 Å². The lowest BCUT2D eigenvalue weighted by atomic mass is 10.0. The zero-order valence-electron chi connectivity index (χ0n) is 14.3. The topological polar surface area (TPSA) is 66.5 Å². The van der Waals surface area contributed by atoms with Crippen LogP contribution in [0, 0.1) is 5.82 Å². The van der Waals surface area contributed by atoms with Crippen molar-refractivity contribution in [2.24, 2.45) is 0 Å². The molecule has 26 heavy (non-hydrogen) atoms. The minimum atomic E-state index is -3.55. The Balaban J connectivity index is 1.53. The largest absolute Gasteiger partial charge is 0.342 e. The van der Waals surface area contributed by atoms with Crippen molar-refractivity contribution in [3.05, 3.63) is 66.0 Å². The fourth-order valence-electron chi connectivity index (χ4n) is 3.07. The lowest BCUT2D eigenvalue weighted by Crippen LogP contribution is -2.46. The number of hydrogen-bond donors (Lipinski definition) is 1. The lowest BCUT2D eigenvalue weighted by molar-refractivity contribution is -0.131. The highest BCUT2D eigenvalue weighted by molar-refractivity contribution is 7.89. The van der Waals surface area contributed by atoms with Crippen LogP contribution >= 0.6 is 0 Å². The molecule has 0 spiro atoms. The van der Waals surface area contributed by atoms with Gasteiger partial charge in [-0.1, -0.05) is 30.3 Å². The molecule has 1 saturated heterocycles. The number of benzene rings is 2. The third-order valence-corrected chi connectivity index (χ3v) is 6.00. The number of nitrogens with one attached hydrogen (secondary N) is 1. The van der Waals surface area contributed by atoms with E-state index in [0.29, 0.717) is 31.5 Å². The third kappa shape index (κ3) is 4.68. The molecule has 138 valence electrons. The third-order valence-electron chi connectivity index (χ3n) is 4.47. The van der Waals surface area contributed by atoms with Gasteiger partial charge >= 0.3 is 0 Å². The second kappa shape index (κ2) is 7.97. The van der Waals surface area contributed by atoms with Gasteiger partial charge in [0.25, 0.3) is 0 Å². The quantitative estimate of drug-likeness (QED) is 0.871. The van der Waals surface area contributed by atoms with Crippen LogP contribution in [0.4, 0.5) is 4.39 Å². The summed E-state index contributed by atoms with van der Waals surface area (Å²) in [5, 5.41) is 0. The summed E-state index contributed by atoms with van der Waals surface area (Å²) in [4.78, 5) is 14.3. The molecule has 2 aromatic carbocycles. The van der Waals surface area contributed by atoms with Crippen LogP contribution in [0.15, 0.2) is 59.5 Å². The maximum absolute atomic E-state index is 13.2. The maximum atomic E-state index is 13.2. The summed E-state index contributed by atoms with van der Waals surface area (Å²) in [7, 11) is -3.55. The van der Waals surface area contributed by atoms with Gasteiger partial charge in [-0.2, -0.15) is 0 Å². The number of carbonyl (C=O) groups excluding carboxylic acids is 1. The van der Waals surface area contributed by atoms with Crippen molar-refractivity contribution < 1.29 is 17.6 Å². The normalized spacial score (nSPS) is 15.8. The average Bonchev–Trinajstić information content (AvgIpc) is 2.63. The van der Waals surface area contributed by atoms with E-state index in [1.807, 2.05) is 0 Å². The Morgan fingerprint density at radius 3 is 2.42 bits per heavy atom. The van der Waals surface area contributed by atoms with Gasteiger partial charge < -0.3 is 4.90 Å². The van der Waals surface area contributed by atoms with E-state index in [1.54, 1.807) is 47.4 Å². The molecule has 3 rings (SSSR count). The molecular formula is C19H21FN2O3S. The molecule has 0 unspecified atom stereocenters. The SMILES string of the molecule is O=C(Cc1cccc(F)c1)N1CCC(NS(=O)(=O)c2ccccc2)CC1. The van der Waals surface area contributed by atoms with Crippen molar-refractivity contribution in [2.75, 3.05) is 13.1 Å². The first-order chi connectivity index (χ1) is 12.4. The Hall–Kier alpha value is -2.25. The van der Waals surface area contributed by atoms with Crippen molar-refractivity contribution in [3.63, 3.8) is 0 Å². The number of carbonyl (C=O) groups is 1. The molecular weight excluding hydrogens is 355 g/mol. The van der Waals surface area contributed by atoms with E-state index in [0.717, 1.165) is 0 Å². The van der Waals surface area contributed by atoms with E-state index in [4.69, 9.17) is 0 Å². The van der Waals surface area contributed by atoms with Crippen molar-refractivity contribution in [1.29, 1.82) is 0 Å². The number of nitrogens with zero attached hydrogens (tertiary/aromatic N) is 1. The fourth-order valence-corrected chi connectivity index (χ4v) is 4.39.